The first kappa shape index (κ1) is 22.0. The first-order valence-corrected chi connectivity index (χ1v) is 9.60. The molecule has 0 aromatic heterocycles. The maximum Gasteiger partial charge on any atom is 0.427 e. The highest BCUT2D eigenvalue weighted by atomic mass is 32.2. The lowest BCUT2D eigenvalue weighted by Crippen LogP contribution is -2.52. The van der Waals surface area contributed by atoms with Crippen LogP contribution in [-0.2, 0) is 22.3 Å². The van der Waals surface area contributed by atoms with Crippen LogP contribution in [0.1, 0.15) is 5.56 Å². The molecule has 27 heavy (non-hydrogen) atoms. The molecule has 1 aromatic rings. The van der Waals surface area contributed by atoms with Crippen LogP contribution in [0.25, 0.3) is 0 Å². The third kappa shape index (κ3) is 5.61. The Bertz CT molecular complexity index is 650. The minimum absolute atomic E-state index is 0.0646. The molecule has 1 aliphatic heterocycles. The van der Waals surface area contributed by atoms with Gasteiger partial charge < -0.3 is 30.6 Å². The van der Waals surface area contributed by atoms with Crippen molar-refractivity contribution in [3.8, 4) is 5.75 Å². The van der Waals surface area contributed by atoms with Crippen LogP contribution in [0.15, 0.2) is 12.1 Å². The first-order valence-electron chi connectivity index (χ1n) is 8.11. The summed E-state index contributed by atoms with van der Waals surface area (Å²) in [6.45, 7) is -0.788. The van der Waals surface area contributed by atoms with E-state index >= 15 is 0 Å². The Labute approximate surface area is 157 Å². The molecule has 1 saturated heterocycles. The number of hydrogen-bond donors (Lipinski definition) is 3. The summed E-state index contributed by atoms with van der Waals surface area (Å²) in [5, 5.41) is 10.2. The lowest BCUT2D eigenvalue weighted by atomic mass is 9.91. The Hall–Kier alpha value is -1.27. The fourth-order valence-corrected chi connectivity index (χ4v) is 4.47. The van der Waals surface area contributed by atoms with E-state index in [-0.39, 0.29) is 23.5 Å². The number of halogens is 4. The molecule has 11 heteroatoms. The molecule has 0 unspecified atom stereocenters. The van der Waals surface area contributed by atoms with Crippen molar-refractivity contribution in [3.05, 3.63) is 23.5 Å². The molecule has 5 atom stereocenters. The van der Waals surface area contributed by atoms with E-state index in [1.165, 1.54) is 6.07 Å². The largest absolute Gasteiger partial charge is 0.616 e. The van der Waals surface area contributed by atoms with Gasteiger partial charge in [0.25, 0.3) is 0 Å². The van der Waals surface area contributed by atoms with Gasteiger partial charge in [0.15, 0.2) is 0 Å². The van der Waals surface area contributed by atoms with Crippen LogP contribution in [0.3, 0.4) is 0 Å². The van der Waals surface area contributed by atoms with Crippen LogP contribution >= 0.6 is 0 Å². The molecule has 1 heterocycles. The average molecular weight is 414 g/mol. The van der Waals surface area contributed by atoms with Crippen molar-refractivity contribution in [1.29, 1.82) is 0 Å². The zero-order valence-electron chi connectivity index (χ0n) is 14.5. The normalized spacial score (nSPS) is 27.4. The molecule has 0 amide bonds. The SMILES string of the molecule is COC[C@@H](Oc1cc(C[C@@H]2C[S@@+]([O-])C[C@H](N)[C@H]2O)cc(F)c1N)C(F)(F)F. The molecule has 6 nitrogen and oxygen atoms in total. The fourth-order valence-electron chi connectivity index (χ4n) is 2.91. The third-order valence-electron chi connectivity index (χ3n) is 4.30. The second-order valence-electron chi connectivity index (χ2n) is 6.48. The molecule has 1 aromatic carbocycles. The zero-order chi connectivity index (χ0) is 20.4. The van der Waals surface area contributed by atoms with Gasteiger partial charge in [-0.15, -0.1) is 0 Å². The summed E-state index contributed by atoms with van der Waals surface area (Å²) in [6, 6.07) is 1.55. The summed E-state index contributed by atoms with van der Waals surface area (Å²) in [5.74, 6) is -1.63. The van der Waals surface area contributed by atoms with Crippen LogP contribution < -0.4 is 16.2 Å². The molecule has 154 valence electrons. The topological polar surface area (TPSA) is 114 Å². The van der Waals surface area contributed by atoms with Crippen molar-refractivity contribution in [1.82, 2.24) is 0 Å². The number of aliphatic hydroxyl groups excluding tert-OH is 1. The number of hydrogen-bond acceptors (Lipinski definition) is 6. The van der Waals surface area contributed by atoms with Gasteiger partial charge in [0.05, 0.1) is 18.8 Å². The van der Waals surface area contributed by atoms with Crippen molar-refractivity contribution in [2.24, 2.45) is 11.7 Å². The third-order valence-corrected chi connectivity index (χ3v) is 5.86. The van der Waals surface area contributed by atoms with Crippen molar-refractivity contribution >= 4 is 16.9 Å². The predicted molar refractivity (Wildman–Crippen MR) is 92.2 cm³/mol. The summed E-state index contributed by atoms with van der Waals surface area (Å²) in [4.78, 5) is 0. The number of alkyl halides is 3. The van der Waals surface area contributed by atoms with Crippen LogP contribution in [-0.4, -0.2) is 59.3 Å². The molecular weight excluding hydrogens is 392 g/mol. The van der Waals surface area contributed by atoms with Crippen LogP contribution in [0.2, 0.25) is 0 Å². The Morgan fingerprint density at radius 1 is 1.37 bits per heavy atom. The van der Waals surface area contributed by atoms with Crippen molar-refractivity contribution < 1.29 is 36.7 Å². The summed E-state index contributed by atoms with van der Waals surface area (Å²) in [5.41, 5.74) is 11.0. The van der Waals surface area contributed by atoms with Gasteiger partial charge in [0.1, 0.15) is 28.8 Å². The Morgan fingerprint density at radius 2 is 2.04 bits per heavy atom. The van der Waals surface area contributed by atoms with Crippen LogP contribution in [0.5, 0.6) is 5.75 Å². The Kier molecular flexibility index (Phi) is 7.20. The van der Waals surface area contributed by atoms with E-state index in [0.29, 0.717) is 0 Å². The number of nitrogens with two attached hydrogens (primary N) is 2. The molecule has 5 N–H and O–H groups in total. The van der Waals surface area contributed by atoms with Gasteiger partial charge in [-0.1, -0.05) is 11.2 Å². The number of benzene rings is 1. The van der Waals surface area contributed by atoms with E-state index in [4.69, 9.17) is 16.2 Å². The van der Waals surface area contributed by atoms with E-state index in [1.807, 2.05) is 0 Å². The van der Waals surface area contributed by atoms with Gasteiger partial charge in [0, 0.05) is 13.0 Å². The summed E-state index contributed by atoms with van der Waals surface area (Å²) < 4.78 is 74.3. The summed E-state index contributed by atoms with van der Waals surface area (Å²) in [7, 11) is 1.08. The lowest BCUT2D eigenvalue weighted by molar-refractivity contribution is -0.206. The molecule has 0 radical (unpaired) electrons. The molecule has 2 rings (SSSR count). The molecule has 0 saturated carbocycles. The van der Waals surface area contributed by atoms with E-state index in [2.05, 4.69) is 4.74 Å². The number of anilines is 1. The standard InChI is InChI=1S/C16H22F4N2O4S/c1-25-5-13(16(18,19)20)26-12-4-8(3-10(17)14(12)22)2-9-6-27(24)7-11(21)15(9)23/h3-4,9,11,13,15,23H,2,5-7,21-22H2,1H3/t9-,11+,13-,15+,27-/m1/s1. The summed E-state index contributed by atoms with van der Waals surface area (Å²) in [6.07, 6.45) is -7.95. The van der Waals surface area contributed by atoms with Crippen molar-refractivity contribution in [2.75, 3.05) is 31.0 Å². The number of nitrogen functional groups attached to an aromatic ring is 1. The van der Waals surface area contributed by atoms with Gasteiger partial charge in [-0.2, -0.15) is 13.2 Å². The second-order valence-corrected chi connectivity index (χ2v) is 8.03. The monoisotopic (exact) mass is 414 g/mol. The van der Waals surface area contributed by atoms with Crippen molar-refractivity contribution in [3.63, 3.8) is 0 Å². The van der Waals surface area contributed by atoms with E-state index in [0.717, 1.165) is 13.2 Å². The fraction of sp³-hybridized carbons (Fsp3) is 0.625. The molecule has 1 aliphatic rings. The molecular formula is C16H22F4N2O4S. The highest BCUT2D eigenvalue weighted by Crippen LogP contribution is 2.33. The van der Waals surface area contributed by atoms with Gasteiger partial charge in [-0.05, 0) is 24.1 Å². The van der Waals surface area contributed by atoms with Crippen molar-refractivity contribution in [2.45, 2.75) is 30.8 Å². The van der Waals surface area contributed by atoms with E-state index in [1.54, 1.807) is 0 Å². The highest BCUT2D eigenvalue weighted by molar-refractivity contribution is 7.91. The van der Waals surface area contributed by atoms with Gasteiger partial charge in [0.2, 0.25) is 6.10 Å². The average Bonchev–Trinajstić information content (AvgIpc) is 2.55. The highest BCUT2D eigenvalue weighted by Gasteiger charge is 2.42. The maximum atomic E-state index is 14.1. The minimum atomic E-state index is -4.74. The molecule has 1 fully saturated rings. The maximum absolute atomic E-state index is 14.1. The van der Waals surface area contributed by atoms with Gasteiger partial charge in [-0.25, -0.2) is 4.39 Å². The van der Waals surface area contributed by atoms with Crippen LogP contribution in [0.4, 0.5) is 23.2 Å². The quantitative estimate of drug-likeness (QED) is 0.363. The smallest absolute Gasteiger partial charge is 0.427 e. The van der Waals surface area contributed by atoms with E-state index < -0.39 is 65.4 Å². The number of aliphatic hydroxyl groups is 1. The lowest BCUT2D eigenvalue weighted by Gasteiger charge is -2.33. The molecule has 0 spiro atoms. The van der Waals surface area contributed by atoms with Gasteiger partial charge >= 0.3 is 6.18 Å². The van der Waals surface area contributed by atoms with Crippen LogP contribution in [0, 0.1) is 11.7 Å². The number of methoxy groups -OCH3 is 1. The Morgan fingerprint density at radius 3 is 2.63 bits per heavy atom. The van der Waals surface area contributed by atoms with E-state index in [9.17, 15) is 27.2 Å². The summed E-state index contributed by atoms with van der Waals surface area (Å²) >= 11 is -1.23. The molecule has 0 aliphatic carbocycles. The molecule has 0 bridgehead atoms. The predicted octanol–water partition coefficient (Wildman–Crippen LogP) is 0.973. The zero-order valence-corrected chi connectivity index (χ0v) is 15.4. The number of rotatable bonds is 6. The second kappa shape index (κ2) is 8.82. The Balaban J connectivity index is 2.24. The first-order chi connectivity index (χ1) is 12.5. The van der Waals surface area contributed by atoms with Gasteiger partial charge in [-0.3, -0.25) is 0 Å². The number of ether oxygens (including phenoxy) is 2. The minimum Gasteiger partial charge on any atom is -0.616 e.